The third kappa shape index (κ3) is 7.01. The van der Waals surface area contributed by atoms with Crippen LogP contribution < -0.4 is 9.80 Å². The van der Waals surface area contributed by atoms with Crippen LogP contribution in [0, 0.1) is 0 Å². The van der Waals surface area contributed by atoms with Gasteiger partial charge in [0.05, 0.1) is 17.1 Å². The standard InChI is InChI=1S/C72H46N2S/c1-3-21-47(22-4-1)51-25-13-17-35-68(51)73(50-39-41-58-60-32-14-18-36-69(60)74(48-23-5-2-6-24-48)70-37-19-15-33-61(70)64(58)44-50)49-40-42-59-63(43-49)56-30-11-9-28-54(56)52-26-7-8-27-53(52)55-29-10-12-31-57(55)65-45-67-62-34-16-20-38-71(62)75-72(67)46-66(59)65/h1-46H. The average Bonchev–Trinajstić information content (AvgIpc) is 3.80. The van der Waals surface area contributed by atoms with E-state index in [1.807, 2.05) is 11.3 Å². The van der Waals surface area contributed by atoms with Crippen LogP contribution in [0.15, 0.2) is 279 Å². The lowest BCUT2D eigenvalue weighted by molar-refractivity contribution is 1.29. The van der Waals surface area contributed by atoms with Gasteiger partial charge in [0.25, 0.3) is 0 Å². The third-order valence-electron chi connectivity index (χ3n) is 15.4. The molecule has 14 aromatic rings. The maximum absolute atomic E-state index is 2.50. The van der Waals surface area contributed by atoms with Gasteiger partial charge < -0.3 is 9.80 Å². The third-order valence-corrected chi connectivity index (χ3v) is 16.5. The highest BCUT2D eigenvalue weighted by molar-refractivity contribution is 7.25. The summed E-state index contributed by atoms with van der Waals surface area (Å²) in [7, 11) is 0. The van der Waals surface area contributed by atoms with Gasteiger partial charge in [-0.3, -0.25) is 0 Å². The van der Waals surface area contributed by atoms with Crippen molar-refractivity contribution in [3.8, 4) is 33.4 Å². The lowest BCUT2D eigenvalue weighted by atomic mass is 9.92. The fourth-order valence-electron chi connectivity index (χ4n) is 12.1. The zero-order chi connectivity index (χ0) is 49.4. The first kappa shape index (κ1) is 43.1. The molecular weight excluding hydrogens is 925 g/mol. The molecule has 0 fully saturated rings. The smallest absolute Gasteiger partial charge is 0.0540 e. The first-order chi connectivity index (χ1) is 37.2. The zero-order valence-corrected chi connectivity index (χ0v) is 41.7. The van der Waals surface area contributed by atoms with Gasteiger partial charge in [0.1, 0.15) is 0 Å². The average molecular weight is 971 g/mol. The summed E-state index contributed by atoms with van der Waals surface area (Å²) in [6.07, 6.45) is 0. The SMILES string of the molecule is c1ccc(-c2ccccc2N(c2ccc3c(c2)-c2ccccc2N(c2ccccc2)c2ccccc2-3)c2ccc3c(c2)c2ccccc2c2ccccc2c2ccccc2c2cc4c(cc32)sc2ccccc24)cc1. The molecule has 15 rings (SSSR count). The highest BCUT2D eigenvalue weighted by Gasteiger charge is 2.28. The number of rotatable bonds is 5. The predicted molar refractivity (Wildman–Crippen MR) is 324 cm³/mol. The second-order valence-electron chi connectivity index (χ2n) is 19.5. The summed E-state index contributed by atoms with van der Waals surface area (Å²) in [5.41, 5.74) is 13.7. The Labute approximate surface area is 439 Å². The second kappa shape index (κ2) is 17.6. The van der Waals surface area contributed by atoms with Crippen LogP contribution >= 0.6 is 11.3 Å². The van der Waals surface area contributed by atoms with Crippen molar-refractivity contribution in [1.29, 1.82) is 0 Å². The molecule has 0 unspecified atom stereocenters. The van der Waals surface area contributed by atoms with Crippen molar-refractivity contribution in [1.82, 2.24) is 0 Å². The molecule has 1 aliphatic heterocycles. The van der Waals surface area contributed by atoms with Gasteiger partial charge in [-0.15, -0.1) is 11.3 Å². The van der Waals surface area contributed by atoms with Crippen molar-refractivity contribution in [2.24, 2.45) is 0 Å². The summed E-state index contributed by atoms with van der Waals surface area (Å²) in [6, 6.07) is 103. The van der Waals surface area contributed by atoms with Crippen LogP contribution in [0.1, 0.15) is 0 Å². The molecule has 13 aromatic carbocycles. The molecule has 0 radical (unpaired) electrons. The van der Waals surface area contributed by atoms with Crippen LogP contribution in [-0.2, 0) is 0 Å². The number of para-hydroxylation sites is 4. The molecule has 2 nitrogen and oxygen atoms in total. The van der Waals surface area contributed by atoms with Gasteiger partial charge in [-0.2, -0.15) is 0 Å². The van der Waals surface area contributed by atoms with Gasteiger partial charge in [0.15, 0.2) is 0 Å². The van der Waals surface area contributed by atoms with Gasteiger partial charge >= 0.3 is 0 Å². The summed E-state index contributed by atoms with van der Waals surface area (Å²) in [4.78, 5) is 4.92. The number of hydrogen-bond donors (Lipinski definition) is 0. The van der Waals surface area contributed by atoms with Crippen molar-refractivity contribution in [3.05, 3.63) is 279 Å². The Morgan fingerprint density at radius 1 is 0.253 bits per heavy atom. The summed E-state index contributed by atoms with van der Waals surface area (Å²) in [6.45, 7) is 0. The van der Waals surface area contributed by atoms with Crippen LogP contribution in [0.5, 0.6) is 0 Å². The normalized spacial score (nSPS) is 12.0. The fourth-order valence-corrected chi connectivity index (χ4v) is 13.2. The van der Waals surface area contributed by atoms with Gasteiger partial charge in [-0.1, -0.05) is 206 Å². The molecule has 75 heavy (non-hydrogen) atoms. The van der Waals surface area contributed by atoms with Crippen molar-refractivity contribution >= 4 is 119 Å². The first-order valence-electron chi connectivity index (χ1n) is 25.7. The van der Waals surface area contributed by atoms with Crippen LogP contribution in [0.4, 0.5) is 34.1 Å². The minimum absolute atomic E-state index is 1.07. The maximum atomic E-state index is 2.50. The molecule has 0 amide bonds. The first-order valence-corrected chi connectivity index (χ1v) is 26.6. The Morgan fingerprint density at radius 2 is 0.707 bits per heavy atom. The Hall–Kier alpha value is -9.54. The van der Waals surface area contributed by atoms with E-state index in [4.69, 9.17) is 0 Å². The number of hydrogen-bond acceptors (Lipinski definition) is 3. The van der Waals surface area contributed by atoms with Gasteiger partial charge in [-0.25, -0.2) is 0 Å². The molecule has 0 spiro atoms. The largest absolute Gasteiger partial charge is 0.310 e. The highest BCUT2D eigenvalue weighted by atomic mass is 32.1. The van der Waals surface area contributed by atoms with E-state index >= 15 is 0 Å². The monoisotopic (exact) mass is 970 g/mol. The van der Waals surface area contributed by atoms with E-state index in [9.17, 15) is 0 Å². The maximum Gasteiger partial charge on any atom is 0.0540 e. The molecule has 0 bridgehead atoms. The van der Waals surface area contributed by atoms with Crippen molar-refractivity contribution in [3.63, 3.8) is 0 Å². The molecular formula is C72H46N2S. The van der Waals surface area contributed by atoms with Crippen LogP contribution in [0.2, 0.25) is 0 Å². The number of benzene rings is 12. The summed E-state index contributed by atoms with van der Waals surface area (Å²) in [5.74, 6) is 0. The molecule has 0 N–H and O–H groups in total. The van der Waals surface area contributed by atoms with Crippen LogP contribution in [0.25, 0.3) is 107 Å². The van der Waals surface area contributed by atoms with Crippen LogP contribution in [-0.4, -0.2) is 0 Å². The van der Waals surface area contributed by atoms with Crippen LogP contribution in [0.3, 0.4) is 0 Å². The van der Waals surface area contributed by atoms with E-state index in [1.165, 1.54) is 96.3 Å². The highest BCUT2D eigenvalue weighted by Crippen LogP contribution is 2.53. The number of anilines is 6. The Morgan fingerprint density at radius 3 is 1.36 bits per heavy atom. The minimum atomic E-state index is 1.07. The number of thiophene rings is 1. The van der Waals surface area contributed by atoms with Crippen molar-refractivity contribution in [2.45, 2.75) is 0 Å². The lowest BCUT2D eigenvalue weighted by Crippen LogP contribution is -2.11. The predicted octanol–water partition coefficient (Wildman–Crippen LogP) is 21.2. The molecule has 3 heteroatoms. The zero-order valence-electron chi connectivity index (χ0n) is 40.9. The van der Waals surface area contributed by atoms with Gasteiger partial charge in [-0.05, 0) is 143 Å². The fraction of sp³-hybridized carbons (Fsp3) is 0. The minimum Gasteiger partial charge on any atom is -0.310 e. The molecule has 0 atom stereocenters. The van der Waals surface area contributed by atoms with E-state index in [0.717, 1.165) is 45.3 Å². The Kier molecular flexibility index (Phi) is 10.1. The number of nitrogens with zero attached hydrogens (tertiary/aromatic N) is 2. The van der Waals surface area contributed by atoms with E-state index in [-0.39, 0.29) is 0 Å². The van der Waals surface area contributed by atoms with Gasteiger partial charge in [0.2, 0.25) is 0 Å². The summed E-state index contributed by atoms with van der Waals surface area (Å²) < 4.78 is 2.58. The van der Waals surface area contributed by atoms with E-state index in [2.05, 4.69) is 289 Å². The Balaban J connectivity index is 1.08. The number of fused-ring (bicyclic) bond motifs is 18. The molecule has 0 aliphatic carbocycles. The summed E-state index contributed by atoms with van der Waals surface area (Å²) in [5, 5.41) is 14.7. The lowest BCUT2D eigenvalue weighted by Gasteiger charge is -2.29. The molecule has 0 saturated carbocycles. The van der Waals surface area contributed by atoms with E-state index < -0.39 is 0 Å². The topological polar surface area (TPSA) is 6.48 Å². The Bertz CT molecular complexity index is 4670. The second-order valence-corrected chi connectivity index (χ2v) is 20.6. The molecule has 0 saturated heterocycles. The quantitative estimate of drug-likeness (QED) is 0.170. The molecule has 2 heterocycles. The van der Waals surface area contributed by atoms with Crippen molar-refractivity contribution in [2.75, 3.05) is 9.80 Å². The van der Waals surface area contributed by atoms with E-state index in [0.29, 0.717) is 0 Å². The molecule has 350 valence electrons. The van der Waals surface area contributed by atoms with E-state index in [1.54, 1.807) is 0 Å². The van der Waals surface area contributed by atoms with Gasteiger partial charge in [0, 0.05) is 53.9 Å². The summed E-state index contributed by atoms with van der Waals surface area (Å²) >= 11 is 1.88. The molecule has 1 aromatic heterocycles. The van der Waals surface area contributed by atoms with Crippen molar-refractivity contribution < 1.29 is 0 Å². The molecule has 1 aliphatic rings.